The second kappa shape index (κ2) is 8.25. The topological polar surface area (TPSA) is 62.5 Å². The molecule has 0 spiro atoms. The van der Waals surface area contributed by atoms with E-state index < -0.39 is 0 Å². The second-order valence-corrected chi connectivity index (χ2v) is 8.95. The van der Waals surface area contributed by atoms with E-state index in [4.69, 9.17) is 5.73 Å². The molecule has 3 unspecified atom stereocenters. The molecule has 2 aromatic rings. The Bertz CT molecular complexity index is 834. The maximum atomic E-state index is 13.1. The number of carbonyl (C=O) groups is 1. The summed E-state index contributed by atoms with van der Waals surface area (Å²) in [4.78, 5) is 22.0. The molecule has 0 radical (unpaired) electrons. The first-order chi connectivity index (χ1) is 13.9. The maximum Gasteiger partial charge on any atom is 0.255 e. The summed E-state index contributed by atoms with van der Waals surface area (Å²) in [5.74, 6) is 1.68. The van der Waals surface area contributed by atoms with Crippen LogP contribution in [0.4, 0.5) is 0 Å². The van der Waals surface area contributed by atoms with Crippen molar-refractivity contribution in [3.05, 3.63) is 65.0 Å². The molecular weight excluding hydrogens is 360 g/mol. The average molecular weight is 393 g/mol. The van der Waals surface area contributed by atoms with Crippen molar-refractivity contribution in [3.8, 4) is 0 Å². The lowest BCUT2D eigenvalue weighted by atomic mass is 9.95. The smallest absolute Gasteiger partial charge is 0.255 e. The fraction of sp³-hybridized carbons (Fsp3) is 0.500. The molecule has 4 atom stereocenters. The fourth-order valence-corrected chi connectivity index (χ4v) is 5.11. The third kappa shape index (κ3) is 4.07. The molecule has 4 rings (SSSR count). The molecule has 2 aliphatic heterocycles. The first-order valence-corrected chi connectivity index (χ1v) is 10.7. The molecule has 2 saturated heterocycles. The van der Waals surface area contributed by atoms with Crippen LogP contribution >= 0.6 is 0 Å². The zero-order valence-electron chi connectivity index (χ0n) is 17.7. The minimum atomic E-state index is 0.0613. The van der Waals surface area contributed by atoms with E-state index in [1.54, 1.807) is 6.20 Å². The number of pyridine rings is 1. The first kappa shape index (κ1) is 20.0. The Kier molecular flexibility index (Phi) is 5.70. The Morgan fingerprint density at radius 1 is 1.10 bits per heavy atom. The molecule has 2 N–H and O–H groups in total. The molecular formula is C24H32N4O. The van der Waals surface area contributed by atoms with Crippen molar-refractivity contribution in [2.75, 3.05) is 32.7 Å². The van der Waals surface area contributed by atoms with Crippen LogP contribution < -0.4 is 5.73 Å². The molecule has 0 bridgehead atoms. The van der Waals surface area contributed by atoms with E-state index in [1.807, 2.05) is 30.9 Å². The van der Waals surface area contributed by atoms with Gasteiger partial charge in [-0.2, -0.15) is 0 Å². The van der Waals surface area contributed by atoms with Crippen LogP contribution in [0, 0.1) is 31.6 Å². The zero-order chi connectivity index (χ0) is 20.5. The van der Waals surface area contributed by atoms with Gasteiger partial charge in [-0.05, 0) is 48.8 Å². The largest absolute Gasteiger partial charge is 0.338 e. The summed E-state index contributed by atoms with van der Waals surface area (Å²) in [5, 5.41) is 0. The van der Waals surface area contributed by atoms with Gasteiger partial charge < -0.3 is 15.5 Å². The van der Waals surface area contributed by atoms with Crippen molar-refractivity contribution in [3.63, 3.8) is 0 Å². The summed E-state index contributed by atoms with van der Waals surface area (Å²) in [7, 11) is 0. The lowest BCUT2D eigenvalue weighted by molar-refractivity contribution is 0.0770. The van der Waals surface area contributed by atoms with Gasteiger partial charge in [0, 0.05) is 45.0 Å². The monoisotopic (exact) mass is 392 g/mol. The molecule has 0 saturated carbocycles. The van der Waals surface area contributed by atoms with Crippen LogP contribution in [0.3, 0.4) is 0 Å². The summed E-state index contributed by atoms with van der Waals surface area (Å²) >= 11 is 0. The number of hydrogen-bond acceptors (Lipinski definition) is 4. The van der Waals surface area contributed by atoms with E-state index in [2.05, 4.69) is 41.1 Å². The van der Waals surface area contributed by atoms with E-state index in [9.17, 15) is 4.79 Å². The molecule has 0 aliphatic carbocycles. The molecule has 1 aromatic carbocycles. The van der Waals surface area contributed by atoms with E-state index in [-0.39, 0.29) is 11.9 Å². The van der Waals surface area contributed by atoms with Crippen LogP contribution in [-0.2, 0) is 0 Å². The molecule has 29 heavy (non-hydrogen) atoms. The van der Waals surface area contributed by atoms with Gasteiger partial charge in [0.25, 0.3) is 5.91 Å². The predicted molar refractivity (Wildman–Crippen MR) is 116 cm³/mol. The van der Waals surface area contributed by atoms with Crippen LogP contribution in [0.2, 0.25) is 0 Å². The Labute approximate surface area is 173 Å². The van der Waals surface area contributed by atoms with Gasteiger partial charge in [-0.25, -0.2) is 0 Å². The summed E-state index contributed by atoms with van der Waals surface area (Å²) in [6, 6.07) is 12.4. The number of carbonyl (C=O) groups excluding carboxylic acids is 1. The van der Waals surface area contributed by atoms with Crippen LogP contribution in [0.15, 0.2) is 42.6 Å². The lowest BCUT2D eigenvalue weighted by Crippen LogP contribution is -2.36. The van der Waals surface area contributed by atoms with Gasteiger partial charge in [-0.15, -0.1) is 0 Å². The first-order valence-electron chi connectivity index (χ1n) is 10.7. The molecule has 5 heteroatoms. The van der Waals surface area contributed by atoms with E-state index >= 15 is 0 Å². The molecule has 1 aromatic heterocycles. The number of amides is 1. The highest BCUT2D eigenvalue weighted by Gasteiger charge is 2.42. The van der Waals surface area contributed by atoms with Crippen molar-refractivity contribution in [2.24, 2.45) is 23.5 Å². The average Bonchev–Trinajstić information content (AvgIpc) is 3.26. The Morgan fingerprint density at radius 3 is 2.38 bits per heavy atom. The normalized spacial score (nSPS) is 23.8. The van der Waals surface area contributed by atoms with Gasteiger partial charge in [0.2, 0.25) is 0 Å². The number of fused-ring (bicyclic) bond motifs is 1. The van der Waals surface area contributed by atoms with Gasteiger partial charge in [0.05, 0.1) is 11.3 Å². The molecule has 154 valence electrons. The highest BCUT2D eigenvalue weighted by Crippen LogP contribution is 2.33. The number of aryl methyl sites for hydroxylation is 2. The predicted octanol–water partition coefficient (Wildman–Crippen LogP) is 3.04. The van der Waals surface area contributed by atoms with Crippen molar-refractivity contribution < 1.29 is 4.79 Å². The Morgan fingerprint density at radius 2 is 1.76 bits per heavy atom. The van der Waals surface area contributed by atoms with E-state index in [0.717, 1.165) is 49.5 Å². The van der Waals surface area contributed by atoms with Gasteiger partial charge in [0.15, 0.2) is 0 Å². The third-order valence-electron chi connectivity index (χ3n) is 6.76. The summed E-state index contributed by atoms with van der Waals surface area (Å²) in [5.41, 5.74) is 10.3. The number of aromatic nitrogens is 1. The van der Waals surface area contributed by atoms with Crippen LogP contribution in [0.1, 0.15) is 40.1 Å². The van der Waals surface area contributed by atoms with E-state index in [0.29, 0.717) is 17.8 Å². The van der Waals surface area contributed by atoms with Crippen molar-refractivity contribution in [1.82, 2.24) is 14.8 Å². The second-order valence-electron chi connectivity index (χ2n) is 8.95. The van der Waals surface area contributed by atoms with Gasteiger partial charge in [0.1, 0.15) is 0 Å². The quantitative estimate of drug-likeness (QED) is 0.850. The minimum Gasteiger partial charge on any atom is -0.338 e. The zero-order valence-corrected chi connectivity index (χ0v) is 17.7. The molecule has 2 fully saturated rings. The SMILES string of the molecule is Cc1ccnc(C)c1C(=O)N1CC2CN(CC(C)[C@H](N)c3ccccc3)CC2C1. The summed E-state index contributed by atoms with van der Waals surface area (Å²) in [6.45, 7) is 11.0. The Hall–Kier alpha value is -2.24. The number of nitrogens with two attached hydrogens (primary N) is 1. The Balaban J connectivity index is 1.34. The molecule has 1 amide bonds. The van der Waals surface area contributed by atoms with Crippen molar-refractivity contribution >= 4 is 5.91 Å². The standard InChI is InChI=1S/C24H32N4O/c1-16-9-10-26-18(3)22(16)24(29)28-14-20-12-27(13-21(20)15-28)11-17(2)23(25)19-7-5-4-6-8-19/h4-10,17,20-21,23H,11-15,25H2,1-3H3/t17?,20?,21?,23-/m0/s1. The van der Waals surface area contributed by atoms with Crippen molar-refractivity contribution in [1.29, 1.82) is 0 Å². The van der Waals surface area contributed by atoms with Gasteiger partial charge in [-0.1, -0.05) is 37.3 Å². The lowest BCUT2D eigenvalue weighted by Gasteiger charge is -2.27. The molecule has 5 nitrogen and oxygen atoms in total. The highest BCUT2D eigenvalue weighted by atomic mass is 16.2. The fourth-order valence-electron chi connectivity index (χ4n) is 5.11. The van der Waals surface area contributed by atoms with Crippen molar-refractivity contribution in [2.45, 2.75) is 26.8 Å². The maximum absolute atomic E-state index is 13.1. The number of benzene rings is 1. The van der Waals surface area contributed by atoms with Crippen LogP contribution in [0.5, 0.6) is 0 Å². The number of hydrogen-bond donors (Lipinski definition) is 1. The summed E-state index contributed by atoms with van der Waals surface area (Å²) in [6.07, 6.45) is 1.78. The van der Waals surface area contributed by atoms with Crippen LogP contribution in [0.25, 0.3) is 0 Å². The number of rotatable bonds is 5. The van der Waals surface area contributed by atoms with Crippen LogP contribution in [-0.4, -0.2) is 53.4 Å². The molecule has 3 heterocycles. The number of nitrogens with zero attached hydrogens (tertiary/aromatic N) is 3. The van der Waals surface area contributed by atoms with Gasteiger partial charge >= 0.3 is 0 Å². The molecule has 2 aliphatic rings. The summed E-state index contributed by atoms with van der Waals surface area (Å²) < 4.78 is 0. The minimum absolute atomic E-state index is 0.0613. The number of likely N-dealkylation sites (tertiary alicyclic amines) is 2. The van der Waals surface area contributed by atoms with E-state index in [1.165, 1.54) is 5.56 Å². The third-order valence-corrected chi connectivity index (χ3v) is 6.76. The highest BCUT2D eigenvalue weighted by molar-refractivity contribution is 5.96. The van der Waals surface area contributed by atoms with Gasteiger partial charge in [-0.3, -0.25) is 9.78 Å².